The number of unbranched alkanes of at least 4 members (excludes halogenated alkanes) is 1. The van der Waals surface area contributed by atoms with Gasteiger partial charge in [0.25, 0.3) is 5.56 Å². The zero-order valence-electron chi connectivity index (χ0n) is 19.9. The Balaban J connectivity index is 1.82. The van der Waals surface area contributed by atoms with Crippen LogP contribution < -0.4 is 5.56 Å². The second-order valence-electron chi connectivity index (χ2n) is 8.44. The van der Waals surface area contributed by atoms with Crippen molar-refractivity contribution in [3.8, 4) is 17.0 Å². The van der Waals surface area contributed by atoms with Crippen molar-refractivity contribution in [1.82, 2.24) is 14.5 Å². The number of aromatic hydroxyl groups is 1. The molecule has 0 saturated carbocycles. The van der Waals surface area contributed by atoms with Crippen molar-refractivity contribution < 1.29 is 17.9 Å². The fraction of sp³-hybridized carbons (Fsp3) is 0.222. The van der Waals surface area contributed by atoms with E-state index in [-0.39, 0.29) is 4.90 Å². The van der Waals surface area contributed by atoms with Crippen LogP contribution in [0.5, 0.6) is 5.88 Å². The van der Waals surface area contributed by atoms with Gasteiger partial charge in [0.15, 0.2) is 4.90 Å². The predicted octanol–water partition coefficient (Wildman–Crippen LogP) is 4.93. The van der Waals surface area contributed by atoms with Gasteiger partial charge in [0.1, 0.15) is 5.82 Å². The van der Waals surface area contributed by atoms with Gasteiger partial charge in [-0.1, -0.05) is 55.8 Å². The Kier molecular flexibility index (Phi) is 7.30. The summed E-state index contributed by atoms with van der Waals surface area (Å²) in [5.74, 6) is -1.10. The summed E-state index contributed by atoms with van der Waals surface area (Å²) in [4.78, 5) is 20.5. The molecule has 0 saturated heterocycles. The molecule has 0 aliphatic heterocycles. The van der Waals surface area contributed by atoms with Gasteiger partial charge in [-0.15, -0.1) is 0 Å². The molecule has 36 heavy (non-hydrogen) atoms. The van der Waals surface area contributed by atoms with E-state index in [4.69, 9.17) is 0 Å². The molecule has 0 bridgehead atoms. The highest BCUT2D eigenvalue weighted by Crippen LogP contribution is 2.29. The average molecular weight is 508 g/mol. The van der Waals surface area contributed by atoms with E-state index in [9.17, 15) is 22.7 Å². The van der Waals surface area contributed by atoms with E-state index >= 15 is 0 Å². The van der Waals surface area contributed by atoms with Crippen molar-refractivity contribution in [2.24, 2.45) is 0 Å². The van der Waals surface area contributed by atoms with E-state index in [1.165, 1.54) is 47.2 Å². The average Bonchev–Trinajstić information content (AvgIpc) is 2.88. The Morgan fingerprint density at radius 3 is 2.28 bits per heavy atom. The molecule has 7 nitrogen and oxygen atoms in total. The van der Waals surface area contributed by atoms with E-state index in [1.807, 2.05) is 37.3 Å². The lowest BCUT2D eigenvalue weighted by Crippen LogP contribution is -2.32. The molecule has 0 aliphatic carbocycles. The molecular formula is C27H26FN3O4S. The van der Waals surface area contributed by atoms with Crippen molar-refractivity contribution in [2.45, 2.75) is 48.9 Å². The van der Waals surface area contributed by atoms with Crippen molar-refractivity contribution >= 4 is 9.84 Å². The lowest BCUT2D eigenvalue weighted by Gasteiger charge is -2.21. The molecule has 1 atom stereocenters. The minimum atomic E-state index is -4.40. The Bertz CT molecular complexity index is 1520. The Labute approximate surface area is 208 Å². The van der Waals surface area contributed by atoms with Crippen LogP contribution in [-0.4, -0.2) is 28.1 Å². The summed E-state index contributed by atoms with van der Waals surface area (Å²) in [5.41, 5.74) is 1.21. The molecule has 0 fully saturated rings. The number of halogens is 1. The molecule has 0 spiro atoms. The second kappa shape index (κ2) is 10.4. The maximum atomic E-state index is 13.7. The zero-order valence-corrected chi connectivity index (χ0v) is 20.7. The van der Waals surface area contributed by atoms with E-state index in [2.05, 4.69) is 9.97 Å². The molecule has 1 unspecified atom stereocenters. The van der Waals surface area contributed by atoms with Crippen LogP contribution in [0.1, 0.15) is 44.1 Å². The summed E-state index contributed by atoms with van der Waals surface area (Å²) in [6.45, 7) is 3.79. The number of aryl methyl sites for hydroxylation is 1. The number of hydrogen-bond acceptors (Lipinski definition) is 6. The Hall–Kier alpha value is -3.85. The summed E-state index contributed by atoms with van der Waals surface area (Å²) in [7, 11) is -4.40. The third-order valence-electron chi connectivity index (χ3n) is 6.05. The van der Waals surface area contributed by atoms with E-state index in [0.29, 0.717) is 23.4 Å². The van der Waals surface area contributed by atoms with Crippen LogP contribution in [0.25, 0.3) is 11.1 Å². The predicted molar refractivity (Wildman–Crippen MR) is 134 cm³/mol. The number of rotatable bonds is 8. The maximum absolute atomic E-state index is 13.7. The van der Waals surface area contributed by atoms with Crippen LogP contribution in [0.2, 0.25) is 0 Å². The number of benzene rings is 2. The lowest BCUT2D eigenvalue weighted by molar-refractivity contribution is 0.412. The van der Waals surface area contributed by atoms with Gasteiger partial charge in [-0.05, 0) is 48.7 Å². The minimum absolute atomic E-state index is 0.171. The first kappa shape index (κ1) is 25.2. The molecule has 2 heterocycles. The van der Waals surface area contributed by atoms with E-state index in [0.717, 1.165) is 18.4 Å². The highest BCUT2D eigenvalue weighted by atomic mass is 32.2. The molecule has 0 amide bonds. The first-order chi connectivity index (χ1) is 17.2. The molecule has 2 aromatic carbocycles. The monoisotopic (exact) mass is 507 g/mol. The van der Waals surface area contributed by atoms with Crippen LogP contribution in [0.3, 0.4) is 0 Å². The van der Waals surface area contributed by atoms with Gasteiger partial charge in [-0.3, -0.25) is 9.36 Å². The number of pyridine rings is 1. The van der Waals surface area contributed by atoms with Crippen LogP contribution in [-0.2, 0) is 16.3 Å². The minimum Gasteiger partial charge on any atom is -0.492 e. The number of sulfone groups is 1. The van der Waals surface area contributed by atoms with Gasteiger partial charge in [0, 0.05) is 18.2 Å². The fourth-order valence-corrected chi connectivity index (χ4v) is 5.41. The molecule has 0 radical (unpaired) electrons. The Morgan fingerprint density at radius 2 is 1.67 bits per heavy atom. The molecule has 2 aromatic heterocycles. The molecule has 186 valence electrons. The normalized spacial score (nSPS) is 12.4. The van der Waals surface area contributed by atoms with Crippen LogP contribution in [0.15, 0.2) is 87.5 Å². The quantitative estimate of drug-likeness (QED) is 0.339. The van der Waals surface area contributed by atoms with Gasteiger partial charge in [-0.2, -0.15) is 9.37 Å². The number of aromatic nitrogens is 3. The molecule has 0 aliphatic rings. The van der Waals surface area contributed by atoms with Gasteiger partial charge in [0.2, 0.25) is 21.7 Å². The zero-order chi connectivity index (χ0) is 25.9. The van der Waals surface area contributed by atoms with Crippen LogP contribution in [0.4, 0.5) is 4.39 Å². The summed E-state index contributed by atoms with van der Waals surface area (Å²) in [5, 5.41) is 10.7. The highest BCUT2D eigenvalue weighted by molar-refractivity contribution is 7.91. The summed E-state index contributed by atoms with van der Waals surface area (Å²) < 4.78 is 41.5. The fourth-order valence-electron chi connectivity index (χ4n) is 4.07. The smallest absolute Gasteiger partial charge is 0.277 e. The van der Waals surface area contributed by atoms with E-state index < -0.39 is 38.2 Å². The first-order valence-electron chi connectivity index (χ1n) is 11.6. The SMILES string of the molecule is CCCCc1nc(O)c(S(=O)(=O)c2ccc(-c3ccc(F)nc3)cc2)c(=O)n1C(C)c1ccccc1. The second-order valence-corrected chi connectivity index (χ2v) is 10.3. The van der Waals surface area contributed by atoms with Crippen molar-refractivity contribution in [3.05, 3.63) is 101 Å². The molecule has 1 N–H and O–H groups in total. The van der Waals surface area contributed by atoms with Crippen molar-refractivity contribution in [2.75, 3.05) is 0 Å². The largest absolute Gasteiger partial charge is 0.492 e. The Morgan fingerprint density at radius 1 is 1.00 bits per heavy atom. The highest BCUT2D eigenvalue weighted by Gasteiger charge is 2.31. The third-order valence-corrected chi connectivity index (χ3v) is 7.83. The van der Waals surface area contributed by atoms with Crippen molar-refractivity contribution in [3.63, 3.8) is 0 Å². The van der Waals surface area contributed by atoms with Gasteiger partial charge >= 0.3 is 0 Å². The van der Waals surface area contributed by atoms with Crippen LogP contribution >= 0.6 is 0 Å². The third kappa shape index (κ3) is 4.92. The topological polar surface area (TPSA) is 102 Å². The standard InChI is InChI=1S/C27H26FN3O4S/c1-3-4-10-24-30-26(32)25(27(33)31(24)18(2)19-8-6-5-7-9-19)36(34,35)22-14-11-20(12-15-22)21-13-16-23(28)29-17-21/h5-9,11-18,32H,3-4,10H2,1-2H3. The molecule has 9 heteroatoms. The summed E-state index contributed by atoms with van der Waals surface area (Å²) in [6, 6.07) is 17.2. The number of nitrogens with zero attached hydrogens (tertiary/aromatic N) is 3. The number of hydrogen-bond donors (Lipinski definition) is 1. The maximum Gasteiger partial charge on any atom is 0.277 e. The van der Waals surface area contributed by atoms with Crippen molar-refractivity contribution in [1.29, 1.82) is 0 Å². The van der Waals surface area contributed by atoms with Gasteiger partial charge in [-0.25, -0.2) is 13.4 Å². The van der Waals surface area contributed by atoms with Crippen LogP contribution in [0, 0.1) is 5.95 Å². The molecule has 4 aromatic rings. The molecular weight excluding hydrogens is 481 g/mol. The lowest BCUT2D eigenvalue weighted by atomic mass is 10.1. The van der Waals surface area contributed by atoms with Gasteiger partial charge in [0.05, 0.1) is 10.9 Å². The molecule has 4 rings (SSSR count). The van der Waals surface area contributed by atoms with E-state index in [1.54, 1.807) is 6.92 Å². The first-order valence-corrected chi connectivity index (χ1v) is 13.1. The van der Waals surface area contributed by atoms with Gasteiger partial charge < -0.3 is 5.11 Å². The summed E-state index contributed by atoms with van der Waals surface area (Å²) >= 11 is 0. The summed E-state index contributed by atoms with van der Waals surface area (Å²) in [6.07, 6.45) is 3.32.